The number of carbonyl (C=O) groups is 1. The molecular formula is C21H22N2O3. The van der Waals surface area contributed by atoms with Crippen LogP contribution in [0.2, 0.25) is 0 Å². The molecule has 0 amide bonds. The van der Waals surface area contributed by atoms with Gasteiger partial charge in [0.05, 0.1) is 7.11 Å². The second-order valence-electron chi connectivity index (χ2n) is 6.74. The third-order valence-corrected chi connectivity index (χ3v) is 4.97. The van der Waals surface area contributed by atoms with Crippen LogP contribution < -0.4 is 4.74 Å². The number of aldehydes is 1. The average Bonchev–Trinajstić information content (AvgIpc) is 3.12. The van der Waals surface area contributed by atoms with E-state index in [1.807, 2.05) is 6.07 Å². The van der Waals surface area contributed by atoms with Crippen LogP contribution in [-0.4, -0.2) is 36.4 Å². The molecule has 4 rings (SSSR count). The normalized spacial score (nSPS) is 15.3. The van der Waals surface area contributed by atoms with Gasteiger partial charge in [0.2, 0.25) is 0 Å². The SMILES string of the molecule is COc1ccc(CN2CCCCC2)cc1-c1cncc2cc(C=O)oc12. The summed E-state index contributed by atoms with van der Waals surface area (Å²) in [5, 5.41) is 0.813. The number of likely N-dealkylation sites (tertiary alicyclic amines) is 1. The van der Waals surface area contributed by atoms with Crippen LogP contribution in [-0.2, 0) is 6.54 Å². The molecule has 0 N–H and O–H groups in total. The molecule has 0 unspecified atom stereocenters. The Morgan fingerprint density at radius 3 is 2.77 bits per heavy atom. The van der Waals surface area contributed by atoms with E-state index in [1.54, 1.807) is 25.6 Å². The molecule has 5 nitrogen and oxygen atoms in total. The maximum atomic E-state index is 11.1. The molecule has 3 heterocycles. The van der Waals surface area contributed by atoms with Crippen molar-refractivity contribution < 1.29 is 13.9 Å². The van der Waals surface area contributed by atoms with E-state index < -0.39 is 0 Å². The highest BCUT2D eigenvalue weighted by Gasteiger charge is 2.16. The molecule has 26 heavy (non-hydrogen) atoms. The van der Waals surface area contributed by atoms with Gasteiger partial charge < -0.3 is 9.15 Å². The molecule has 134 valence electrons. The van der Waals surface area contributed by atoms with Crippen LogP contribution in [0.4, 0.5) is 0 Å². The van der Waals surface area contributed by atoms with Crippen molar-refractivity contribution >= 4 is 17.3 Å². The van der Waals surface area contributed by atoms with Crippen molar-refractivity contribution in [2.24, 2.45) is 0 Å². The minimum Gasteiger partial charge on any atom is -0.496 e. The van der Waals surface area contributed by atoms with E-state index in [0.29, 0.717) is 17.6 Å². The molecule has 0 bridgehead atoms. The Labute approximate surface area is 152 Å². The zero-order valence-corrected chi connectivity index (χ0v) is 14.9. The molecule has 1 aromatic carbocycles. The maximum Gasteiger partial charge on any atom is 0.185 e. The van der Waals surface area contributed by atoms with Gasteiger partial charge in [-0.25, -0.2) is 0 Å². The van der Waals surface area contributed by atoms with Crippen LogP contribution in [0.3, 0.4) is 0 Å². The van der Waals surface area contributed by atoms with Crippen molar-refractivity contribution in [1.29, 1.82) is 0 Å². The summed E-state index contributed by atoms with van der Waals surface area (Å²) in [7, 11) is 1.66. The van der Waals surface area contributed by atoms with Crippen molar-refractivity contribution in [3.05, 3.63) is 48.0 Å². The summed E-state index contributed by atoms with van der Waals surface area (Å²) in [4.78, 5) is 17.9. The van der Waals surface area contributed by atoms with E-state index in [9.17, 15) is 4.79 Å². The van der Waals surface area contributed by atoms with Crippen LogP contribution in [0.1, 0.15) is 35.4 Å². The molecule has 0 radical (unpaired) electrons. The van der Waals surface area contributed by atoms with E-state index >= 15 is 0 Å². The van der Waals surface area contributed by atoms with Crippen molar-refractivity contribution in [3.63, 3.8) is 0 Å². The molecule has 1 fully saturated rings. The van der Waals surface area contributed by atoms with Crippen LogP contribution >= 0.6 is 0 Å². The number of carbonyl (C=O) groups excluding carboxylic acids is 1. The fourth-order valence-electron chi connectivity index (χ4n) is 3.67. The minimum atomic E-state index is 0.303. The quantitative estimate of drug-likeness (QED) is 0.642. The van der Waals surface area contributed by atoms with Crippen LogP contribution in [0.15, 0.2) is 41.1 Å². The molecule has 1 saturated heterocycles. The lowest BCUT2D eigenvalue weighted by atomic mass is 10.0. The highest BCUT2D eigenvalue weighted by molar-refractivity contribution is 5.95. The maximum absolute atomic E-state index is 11.1. The smallest absolute Gasteiger partial charge is 0.185 e. The Kier molecular flexibility index (Phi) is 4.71. The number of rotatable bonds is 5. The first-order chi connectivity index (χ1) is 12.8. The molecule has 5 heteroatoms. The number of furan rings is 1. The van der Waals surface area contributed by atoms with Gasteiger partial charge in [0.1, 0.15) is 11.3 Å². The first kappa shape index (κ1) is 16.8. The second-order valence-corrected chi connectivity index (χ2v) is 6.74. The number of ether oxygens (including phenoxy) is 1. The van der Waals surface area contributed by atoms with Crippen molar-refractivity contribution in [1.82, 2.24) is 9.88 Å². The zero-order valence-electron chi connectivity index (χ0n) is 14.9. The molecule has 0 saturated carbocycles. The first-order valence-corrected chi connectivity index (χ1v) is 9.01. The van der Waals surface area contributed by atoms with E-state index in [-0.39, 0.29) is 0 Å². The topological polar surface area (TPSA) is 55.6 Å². The van der Waals surface area contributed by atoms with Gasteiger partial charge in [-0.05, 0) is 49.7 Å². The number of methoxy groups -OCH3 is 1. The first-order valence-electron chi connectivity index (χ1n) is 9.01. The van der Waals surface area contributed by atoms with Gasteiger partial charge in [0.25, 0.3) is 0 Å². The van der Waals surface area contributed by atoms with E-state index in [2.05, 4.69) is 22.0 Å². The lowest BCUT2D eigenvalue weighted by molar-refractivity contribution is 0.110. The highest BCUT2D eigenvalue weighted by atomic mass is 16.5. The number of nitrogens with zero attached hydrogens (tertiary/aromatic N) is 2. The molecule has 0 atom stereocenters. The van der Waals surface area contributed by atoms with Gasteiger partial charge in [0, 0.05) is 35.5 Å². The predicted octanol–water partition coefficient (Wildman–Crippen LogP) is 4.30. The Balaban J connectivity index is 1.76. The summed E-state index contributed by atoms with van der Waals surface area (Å²) >= 11 is 0. The van der Waals surface area contributed by atoms with Gasteiger partial charge in [-0.15, -0.1) is 0 Å². The van der Waals surface area contributed by atoms with Crippen molar-refractivity contribution in [2.45, 2.75) is 25.8 Å². The molecule has 1 aliphatic heterocycles. The van der Waals surface area contributed by atoms with Gasteiger partial charge >= 0.3 is 0 Å². The Morgan fingerprint density at radius 2 is 2.00 bits per heavy atom. The Hall–Kier alpha value is -2.66. The minimum absolute atomic E-state index is 0.303. The van der Waals surface area contributed by atoms with Gasteiger partial charge in [-0.3, -0.25) is 14.7 Å². The molecular weight excluding hydrogens is 328 g/mol. The van der Waals surface area contributed by atoms with Gasteiger partial charge in [0.15, 0.2) is 12.0 Å². The Morgan fingerprint density at radius 1 is 1.15 bits per heavy atom. The van der Waals surface area contributed by atoms with Crippen LogP contribution in [0.25, 0.3) is 22.1 Å². The fraction of sp³-hybridized carbons (Fsp3) is 0.333. The lowest BCUT2D eigenvalue weighted by Gasteiger charge is -2.26. The number of hydrogen-bond acceptors (Lipinski definition) is 5. The average molecular weight is 350 g/mol. The Bertz CT molecular complexity index is 926. The predicted molar refractivity (Wildman–Crippen MR) is 101 cm³/mol. The second kappa shape index (κ2) is 7.30. The summed E-state index contributed by atoms with van der Waals surface area (Å²) < 4.78 is 11.3. The lowest BCUT2D eigenvalue weighted by Crippen LogP contribution is -2.29. The third kappa shape index (κ3) is 3.22. The van der Waals surface area contributed by atoms with Crippen LogP contribution in [0, 0.1) is 0 Å². The van der Waals surface area contributed by atoms with E-state index in [4.69, 9.17) is 9.15 Å². The van der Waals surface area contributed by atoms with Crippen LogP contribution in [0.5, 0.6) is 5.75 Å². The van der Waals surface area contributed by atoms with E-state index in [1.165, 1.54) is 24.8 Å². The summed E-state index contributed by atoms with van der Waals surface area (Å²) in [6, 6.07) is 7.97. The number of hydrogen-bond donors (Lipinski definition) is 0. The third-order valence-electron chi connectivity index (χ3n) is 4.97. The number of benzene rings is 1. The molecule has 3 aromatic rings. The van der Waals surface area contributed by atoms with Gasteiger partial charge in [-0.2, -0.15) is 0 Å². The molecule has 0 aliphatic carbocycles. The summed E-state index contributed by atoms with van der Waals surface area (Å²) in [5.41, 5.74) is 3.68. The summed E-state index contributed by atoms with van der Waals surface area (Å²) in [6.07, 6.45) is 8.06. The van der Waals surface area contributed by atoms with E-state index in [0.717, 1.165) is 41.9 Å². The zero-order chi connectivity index (χ0) is 17.9. The standard InChI is InChI=1S/C21H22N2O3/c1-25-20-6-5-15(13-23-7-3-2-4-8-23)9-18(20)19-12-22-11-16-10-17(14-24)26-21(16)19/h5-6,9-12,14H,2-4,7-8,13H2,1H3. The molecule has 1 aliphatic rings. The highest BCUT2D eigenvalue weighted by Crippen LogP contribution is 2.36. The molecule has 0 spiro atoms. The number of aromatic nitrogens is 1. The largest absolute Gasteiger partial charge is 0.496 e. The number of piperidine rings is 1. The summed E-state index contributed by atoms with van der Waals surface area (Å²) in [5.74, 6) is 1.07. The van der Waals surface area contributed by atoms with Crippen molar-refractivity contribution in [3.8, 4) is 16.9 Å². The summed E-state index contributed by atoms with van der Waals surface area (Å²) in [6.45, 7) is 3.23. The fourth-order valence-corrected chi connectivity index (χ4v) is 3.67. The monoisotopic (exact) mass is 350 g/mol. The molecule has 2 aromatic heterocycles. The number of pyridine rings is 1. The van der Waals surface area contributed by atoms with Gasteiger partial charge in [-0.1, -0.05) is 12.5 Å². The number of fused-ring (bicyclic) bond motifs is 1. The van der Waals surface area contributed by atoms with Crippen molar-refractivity contribution in [2.75, 3.05) is 20.2 Å².